The van der Waals surface area contributed by atoms with Gasteiger partial charge in [0.1, 0.15) is 18.4 Å². The lowest BCUT2D eigenvalue weighted by Crippen LogP contribution is -2.41. The number of benzene rings is 3. The fourth-order valence-corrected chi connectivity index (χ4v) is 4.48. The van der Waals surface area contributed by atoms with Gasteiger partial charge < -0.3 is 20.3 Å². The van der Waals surface area contributed by atoms with Crippen LogP contribution >= 0.6 is 0 Å². The topological polar surface area (TPSA) is 110 Å². The molecule has 1 atom stereocenters. The fraction of sp³-hybridized carbons (Fsp3) is 0.154. The number of phenols is 1. The van der Waals surface area contributed by atoms with E-state index in [-0.39, 0.29) is 24.7 Å². The van der Waals surface area contributed by atoms with Crippen LogP contribution in [-0.4, -0.2) is 34.9 Å². The zero-order chi connectivity index (χ0) is 22.9. The highest BCUT2D eigenvalue weighted by Crippen LogP contribution is 2.44. The standard InChI is InChI=1S/C26H21N2O5/c29-16-9-10-23-21(12-16)15(13-27-23)11-24(25(30)31)28-26(32)33-14-22-19-7-3-1-5-17(19)18-6-2-4-8-20(18)22/h1-10,12-13,22,24,29H,11,14H2,(H,28,32)(H,30,31)/t24-/m0/s1. The molecule has 0 bridgehead atoms. The molecule has 1 amide bonds. The summed E-state index contributed by atoms with van der Waals surface area (Å²) in [5, 5.41) is 26.1. The van der Waals surface area contributed by atoms with Gasteiger partial charge in [-0.2, -0.15) is 0 Å². The van der Waals surface area contributed by atoms with Crippen molar-refractivity contribution in [3.63, 3.8) is 0 Å². The second-order valence-corrected chi connectivity index (χ2v) is 8.05. The molecule has 0 saturated carbocycles. The van der Waals surface area contributed by atoms with Gasteiger partial charge in [0, 0.05) is 24.1 Å². The van der Waals surface area contributed by atoms with Crippen molar-refractivity contribution < 1.29 is 24.5 Å². The molecule has 0 aromatic heterocycles. The summed E-state index contributed by atoms with van der Waals surface area (Å²) in [6.07, 6.45) is 0.773. The Morgan fingerprint density at radius 2 is 1.64 bits per heavy atom. The van der Waals surface area contributed by atoms with Gasteiger partial charge in [0.2, 0.25) is 0 Å². The molecule has 0 fully saturated rings. The Morgan fingerprint density at radius 3 is 2.30 bits per heavy atom. The third-order valence-corrected chi connectivity index (χ3v) is 6.04. The highest BCUT2D eigenvalue weighted by Gasteiger charge is 2.30. The maximum atomic E-state index is 12.5. The first-order valence-corrected chi connectivity index (χ1v) is 10.6. The third-order valence-electron chi connectivity index (χ3n) is 6.04. The summed E-state index contributed by atoms with van der Waals surface area (Å²) in [6, 6.07) is 19.5. The first kappa shape index (κ1) is 20.6. The average Bonchev–Trinajstić information content (AvgIpc) is 3.35. The Morgan fingerprint density at radius 1 is 0.970 bits per heavy atom. The first-order valence-electron chi connectivity index (χ1n) is 10.6. The normalized spacial score (nSPS) is 14.4. The Hall–Kier alpha value is -4.26. The van der Waals surface area contributed by atoms with Gasteiger partial charge in [-0.25, -0.2) is 9.59 Å². The van der Waals surface area contributed by atoms with Crippen LogP contribution in [0.3, 0.4) is 0 Å². The van der Waals surface area contributed by atoms with Crippen LogP contribution in [0.2, 0.25) is 0 Å². The monoisotopic (exact) mass is 441 g/mol. The van der Waals surface area contributed by atoms with Crippen molar-refractivity contribution in [2.75, 3.05) is 6.61 Å². The summed E-state index contributed by atoms with van der Waals surface area (Å²) in [5.41, 5.74) is 6.30. The SMILES string of the molecule is O=C(N[C@@H](CC1=C[N]c2ccc(O)cc21)C(=O)O)OCC1c2ccccc2-c2ccccc21. The van der Waals surface area contributed by atoms with Crippen LogP contribution in [-0.2, 0) is 9.53 Å². The fourth-order valence-electron chi connectivity index (χ4n) is 4.48. The highest BCUT2D eigenvalue weighted by molar-refractivity contribution is 5.86. The number of phenolic OH excluding ortho intramolecular Hbond substituents is 1. The van der Waals surface area contributed by atoms with Crippen molar-refractivity contribution in [3.05, 3.63) is 89.6 Å². The van der Waals surface area contributed by atoms with Gasteiger partial charge in [-0.15, -0.1) is 0 Å². The van der Waals surface area contributed by atoms with E-state index in [9.17, 15) is 19.8 Å². The number of amides is 1. The van der Waals surface area contributed by atoms with E-state index < -0.39 is 18.1 Å². The number of ether oxygens (including phenoxy) is 1. The minimum Gasteiger partial charge on any atom is -0.508 e. The number of fused-ring (bicyclic) bond motifs is 4. The molecule has 0 saturated heterocycles. The molecule has 3 aromatic rings. The zero-order valence-corrected chi connectivity index (χ0v) is 17.6. The molecule has 3 aromatic carbocycles. The molecule has 165 valence electrons. The number of nitrogens with zero attached hydrogens (tertiary/aromatic N) is 1. The van der Waals surface area contributed by atoms with Gasteiger partial charge in [0.15, 0.2) is 0 Å². The number of rotatable bonds is 6. The number of carbonyl (C=O) groups is 2. The Kier molecular flexibility index (Phi) is 5.22. The zero-order valence-electron chi connectivity index (χ0n) is 17.6. The van der Waals surface area contributed by atoms with E-state index in [2.05, 4.69) is 10.6 Å². The van der Waals surface area contributed by atoms with E-state index in [1.54, 1.807) is 12.3 Å². The molecular weight excluding hydrogens is 420 g/mol. The predicted octanol–water partition coefficient (Wildman–Crippen LogP) is 4.36. The van der Waals surface area contributed by atoms with E-state index in [0.717, 1.165) is 22.3 Å². The van der Waals surface area contributed by atoms with Crippen LogP contribution in [0.1, 0.15) is 29.0 Å². The Bertz CT molecular complexity index is 1240. The molecule has 3 N–H and O–H groups in total. The summed E-state index contributed by atoms with van der Waals surface area (Å²) in [6.45, 7) is 0.0981. The van der Waals surface area contributed by atoms with E-state index in [1.165, 1.54) is 12.1 Å². The van der Waals surface area contributed by atoms with Gasteiger partial charge in [-0.3, -0.25) is 5.32 Å². The number of carboxylic acids is 1. The van der Waals surface area contributed by atoms with Crippen LogP contribution < -0.4 is 10.6 Å². The number of alkyl carbamates (subject to hydrolysis) is 1. The maximum Gasteiger partial charge on any atom is 0.407 e. The van der Waals surface area contributed by atoms with Crippen LogP contribution in [0, 0.1) is 0 Å². The van der Waals surface area contributed by atoms with Gasteiger partial charge in [-0.1, -0.05) is 48.5 Å². The molecule has 1 heterocycles. The van der Waals surface area contributed by atoms with Crippen molar-refractivity contribution in [1.82, 2.24) is 10.6 Å². The minimum absolute atomic E-state index is 0.0134. The van der Waals surface area contributed by atoms with E-state index >= 15 is 0 Å². The van der Waals surface area contributed by atoms with Crippen molar-refractivity contribution in [3.8, 4) is 16.9 Å². The molecule has 33 heavy (non-hydrogen) atoms. The first-order chi connectivity index (χ1) is 16.0. The van der Waals surface area contributed by atoms with Crippen molar-refractivity contribution >= 4 is 23.3 Å². The predicted molar refractivity (Wildman–Crippen MR) is 122 cm³/mol. The highest BCUT2D eigenvalue weighted by atomic mass is 16.5. The molecule has 7 nitrogen and oxygen atoms in total. The smallest absolute Gasteiger partial charge is 0.407 e. The lowest BCUT2D eigenvalue weighted by Gasteiger charge is -2.18. The largest absolute Gasteiger partial charge is 0.508 e. The van der Waals surface area contributed by atoms with Crippen molar-refractivity contribution in [1.29, 1.82) is 0 Å². The molecule has 0 spiro atoms. The van der Waals surface area contributed by atoms with Gasteiger partial charge in [0.05, 0.1) is 5.69 Å². The summed E-state index contributed by atoms with van der Waals surface area (Å²) < 4.78 is 5.48. The number of hydrogen-bond acceptors (Lipinski definition) is 4. The van der Waals surface area contributed by atoms with Gasteiger partial charge in [0.25, 0.3) is 0 Å². The molecule has 1 radical (unpaired) electrons. The van der Waals surface area contributed by atoms with E-state index in [1.807, 2.05) is 48.5 Å². The third kappa shape index (κ3) is 3.89. The summed E-state index contributed by atoms with van der Waals surface area (Å²) in [7, 11) is 0. The summed E-state index contributed by atoms with van der Waals surface area (Å²) in [4.78, 5) is 24.3. The van der Waals surface area contributed by atoms with Crippen LogP contribution in [0.4, 0.5) is 10.5 Å². The number of aliphatic carboxylic acids is 1. The number of nitrogens with one attached hydrogen (secondary N) is 1. The summed E-state index contributed by atoms with van der Waals surface area (Å²) >= 11 is 0. The number of hydrogen-bond donors (Lipinski definition) is 3. The molecule has 0 unspecified atom stereocenters. The molecule has 2 aliphatic rings. The van der Waals surface area contributed by atoms with Gasteiger partial charge >= 0.3 is 12.1 Å². The van der Waals surface area contributed by atoms with Crippen LogP contribution in [0.15, 0.2) is 72.9 Å². The lowest BCUT2D eigenvalue weighted by atomic mass is 9.98. The number of carbonyl (C=O) groups excluding carboxylic acids is 1. The second-order valence-electron chi connectivity index (χ2n) is 8.05. The van der Waals surface area contributed by atoms with Crippen molar-refractivity contribution in [2.24, 2.45) is 0 Å². The number of aromatic hydroxyl groups is 1. The molecule has 5 rings (SSSR count). The molecule has 1 aliphatic heterocycles. The van der Waals surface area contributed by atoms with E-state index in [4.69, 9.17) is 4.74 Å². The summed E-state index contributed by atoms with van der Waals surface area (Å²) in [5.74, 6) is -1.23. The molecular formula is C26H21N2O5. The van der Waals surface area contributed by atoms with Crippen LogP contribution in [0.5, 0.6) is 5.75 Å². The maximum absolute atomic E-state index is 12.5. The average molecular weight is 441 g/mol. The van der Waals surface area contributed by atoms with Crippen molar-refractivity contribution in [2.45, 2.75) is 18.4 Å². The molecule has 7 heteroatoms. The Balaban J connectivity index is 1.26. The number of carboxylic acid groups (broad SMARTS) is 1. The quantitative estimate of drug-likeness (QED) is 0.526. The second kappa shape index (κ2) is 8.35. The molecule has 1 aliphatic carbocycles. The van der Waals surface area contributed by atoms with Crippen LogP contribution in [0.25, 0.3) is 16.7 Å². The van der Waals surface area contributed by atoms with E-state index in [0.29, 0.717) is 16.8 Å². The Labute approximate surface area is 190 Å². The van der Waals surface area contributed by atoms with Gasteiger partial charge in [-0.05, 0) is 46.0 Å². The lowest BCUT2D eigenvalue weighted by molar-refractivity contribution is -0.139. The minimum atomic E-state index is -1.20.